The SMILES string of the molecule is C.COc1cc(N2CCN(C(=O)CCl)CC2)c(F)cc1Cl.COc1cc(N2CCN(C(=O)Cn3nc(-c4ccccn4)c(Cl)c3C)CC2)c(F)cc1Cl.Cc1[nH]nc(-c2ccccn2)c1Cl. The normalized spacial score (nSPS) is 13.5. The fourth-order valence-electron chi connectivity index (χ4n) is 6.97. The van der Waals surface area contributed by atoms with Crippen molar-refractivity contribution in [2.75, 3.05) is 82.3 Å². The second-order valence-electron chi connectivity index (χ2n) is 14.6. The molecule has 2 aliphatic rings. The zero-order chi connectivity index (χ0) is 46.8. The van der Waals surface area contributed by atoms with Crippen LogP contribution in [0.25, 0.3) is 22.8 Å². The van der Waals surface area contributed by atoms with Crippen LogP contribution in [0, 0.1) is 25.5 Å². The van der Waals surface area contributed by atoms with Gasteiger partial charge in [0.25, 0.3) is 0 Å². The molecule has 2 aromatic carbocycles. The maximum Gasteiger partial charge on any atom is 0.244 e. The summed E-state index contributed by atoms with van der Waals surface area (Å²) in [4.78, 5) is 40.0. The van der Waals surface area contributed by atoms with Crippen molar-refractivity contribution in [2.45, 2.75) is 27.8 Å². The van der Waals surface area contributed by atoms with E-state index in [9.17, 15) is 18.4 Å². The van der Waals surface area contributed by atoms with Gasteiger partial charge in [-0.3, -0.25) is 29.3 Å². The number of alkyl halides is 1. The maximum atomic E-state index is 14.4. The Labute approximate surface area is 407 Å². The molecule has 352 valence electrons. The number of halogens is 7. The summed E-state index contributed by atoms with van der Waals surface area (Å²) >= 11 is 29.8. The van der Waals surface area contributed by atoms with E-state index < -0.39 is 11.6 Å². The first kappa shape index (κ1) is 51.6. The van der Waals surface area contributed by atoms with E-state index in [1.165, 1.54) is 26.4 Å². The summed E-state index contributed by atoms with van der Waals surface area (Å²) in [5.41, 5.74) is 5.11. The van der Waals surface area contributed by atoms with E-state index in [-0.39, 0.29) is 41.7 Å². The summed E-state index contributed by atoms with van der Waals surface area (Å²) in [5, 5.41) is 13.0. The van der Waals surface area contributed by atoms with Crippen LogP contribution in [0.1, 0.15) is 18.8 Å². The van der Waals surface area contributed by atoms with Crippen molar-refractivity contribution in [1.82, 2.24) is 39.7 Å². The van der Waals surface area contributed by atoms with E-state index in [0.717, 1.165) is 11.4 Å². The molecule has 1 N–H and O–H groups in total. The first-order chi connectivity index (χ1) is 31.2. The quantitative estimate of drug-likeness (QED) is 0.140. The molecule has 2 amide bonds. The molecule has 14 nitrogen and oxygen atoms in total. The highest BCUT2D eigenvalue weighted by Crippen LogP contribution is 2.35. The maximum absolute atomic E-state index is 14.4. The number of carbonyl (C=O) groups is 2. The largest absolute Gasteiger partial charge is 0.495 e. The van der Waals surface area contributed by atoms with Crippen molar-refractivity contribution in [3.63, 3.8) is 0 Å². The summed E-state index contributed by atoms with van der Waals surface area (Å²) in [7, 11) is 2.97. The third-order valence-corrected chi connectivity index (χ3v) is 12.3. The predicted octanol–water partition coefficient (Wildman–Crippen LogP) is 9.50. The number of pyridine rings is 2. The molecule has 0 saturated carbocycles. The van der Waals surface area contributed by atoms with E-state index in [1.807, 2.05) is 60.0 Å². The molecule has 0 bridgehead atoms. The molecular formula is C45H49Cl5F2N10O4. The number of benzene rings is 2. The first-order valence-electron chi connectivity index (χ1n) is 20.2. The monoisotopic (exact) mass is 1010 g/mol. The lowest BCUT2D eigenvalue weighted by molar-refractivity contribution is -0.132. The average molecular weight is 1010 g/mol. The first-order valence-corrected chi connectivity index (χ1v) is 22.2. The fraction of sp³-hybridized carbons (Fsp3) is 0.333. The number of amides is 2. The number of nitrogens with zero attached hydrogens (tertiary/aromatic N) is 9. The van der Waals surface area contributed by atoms with Crippen LogP contribution < -0.4 is 19.3 Å². The fourth-order valence-corrected chi connectivity index (χ4v) is 8.01. The zero-order valence-electron chi connectivity index (χ0n) is 35.8. The molecule has 21 heteroatoms. The number of aromatic nitrogens is 6. The number of rotatable bonds is 9. The molecule has 0 unspecified atom stereocenters. The van der Waals surface area contributed by atoms with Gasteiger partial charge in [0.2, 0.25) is 11.8 Å². The third kappa shape index (κ3) is 12.3. The second-order valence-corrected chi connectivity index (χ2v) is 16.4. The number of hydrogen-bond acceptors (Lipinski definition) is 10. The minimum Gasteiger partial charge on any atom is -0.495 e. The molecule has 66 heavy (non-hydrogen) atoms. The highest BCUT2D eigenvalue weighted by Gasteiger charge is 2.27. The minimum absolute atomic E-state index is 0. The number of hydrogen-bond donors (Lipinski definition) is 1. The van der Waals surface area contributed by atoms with Crippen LogP contribution in [0.4, 0.5) is 20.2 Å². The lowest BCUT2D eigenvalue weighted by Crippen LogP contribution is -2.50. The van der Waals surface area contributed by atoms with Gasteiger partial charge >= 0.3 is 0 Å². The van der Waals surface area contributed by atoms with E-state index >= 15 is 0 Å². The smallest absolute Gasteiger partial charge is 0.244 e. The number of aromatic amines is 1. The number of piperazine rings is 2. The van der Waals surface area contributed by atoms with Crippen molar-refractivity contribution < 1.29 is 27.8 Å². The molecule has 0 aliphatic carbocycles. The highest BCUT2D eigenvalue weighted by atomic mass is 35.5. The Kier molecular flexibility index (Phi) is 18.7. The van der Waals surface area contributed by atoms with E-state index in [0.29, 0.717) is 108 Å². The van der Waals surface area contributed by atoms with Gasteiger partial charge in [0, 0.05) is 76.9 Å². The number of ether oxygens (including phenoxy) is 2. The summed E-state index contributed by atoms with van der Waals surface area (Å²) in [6.07, 6.45) is 3.39. The van der Waals surface area contributed by atoms with Gasteiger partial charge in [-0.05, 0) is 50.2 Å². The Morgan fingerprint density at radius 1 is 0.682 bits per heavy atom. The molecule has 2 aliphatic heterocycles. The van der Waals surface area contributed by atoms with Crippen LogP contribution in [0.15, 0.2) is 73.1 Å². The average Bonchev–Trinajstić information content (AvgIpc) is 3.81. The third-order valence-electron chi connectivity index (χ3n) is 10.6. The Balaban J connectivity index is 0.000000204. The number of carbonyl (C=O) groups excluding carboxylic acids is 2. The number of H-pyrrole nitrogens is 1. The summed E-state index contributed by atoms with van der Waals surface area (Å²) in [6, 6.07) is 16.8. The van der Waals surface area contributed by atoms with Gasteiger partial charge in [0.05, 0.1) is 68.5 Å². The zero-order valence-corrected chi connectivity index (χ0v) is 39.6. The van der Waals surface area contributed by atoms with Crippen molar-refractivity contribution in [1.29, 1.82) is 0 Å². The number of nitrogens with one attached hydrogen (secondary N) is 1. The van der Waals surface area contributed by atoms with E-state index in [2.05, 4.69) is 25.3 Å². The molecule has 0 radical (unpaired) electrons. The van der Waals surface area contributed by atoms with Gasteiger partial charge in [0.15, 0.2) is 0 Å². The summed E-state index contributed by atoms with van der Waals surface area (Å²) in [6.45, 7) is 7.82. The second kappa shape index (κ2) is 23.9. The van der Waals surface area contributed by atoms with Gasteiger partial charge in [-0.2, -0.15) is 10.2 Å². The highest BCUT2D eigenvalue weighted by molar-refractivity contribution is 6.34. The van der Waals surface area contributed by atoms with Gasteiger partial charge in [-0.15, -0.1) is 11.6 Å². The molecule has 0 atom stereocenters. The lowest BCUT2D eigenvalue weighted by Gasteiger charge is -2.36. The molecule has 4 aromatic heterocycles. The topological polar surface area (TPSA) is 138 Å². The Hall–Kier alpha value is -5.39. The molecule has 8 rings (SSSR count). The van der Waals surface area contributed by atoms with Gasteiger partial charge in [-0.1, -0.05) is 66.0 Å². The summed E-state index contributed by atoms with van der Waals surface area (Å²) < 4.78 is 40.3. The lowest BCUT2D eigenvalue weighted by atomic mass is 10.2. The summed E-state index contributed by atoms with van der Waals surface area (Å²) in [5.74, 6) is -0.163. The minimum atomic E-state index is -0.417. The number of methoxy groups -OCH3 is 2. The Bertz CT molecular complexity index is 2570. The molecule has 6 aromatic rings. The van der Waals surface area contributed by atoms with Crippen LogP contribution in [-0.2, 0) is 16.1 Å². The van der Waals surface area contributed by atoms with Gasteiger partial charge in [0.1, 0.15) is 46.9 Å². The van der Waals surface area contributed by atoms with Crippen LogP contribution in [0.2, 0.25) is 20.1 Å². The Morgan fingerprint density at radius 3 is 1.56 bits per heavy atom. The van der Waals surface area contributed by atoms with Crippen LogP contribution in [0.3, 0.4) is 0 Å². The van der Waals surface area contributed by atoms with Crippen molar-refractivity contribution >= 4 is 81.2 Å². The molecule has 2 fully saturated rings. The van der Waals surface area contributed by atoms with Crippen molar-refractivity contribution in [3.8, 4) is 34.3 Å². The molecule has 0 spiro atoms. The van der Waals surface area contributed by atoms with Gasteiger partial charge in [-0.25, -0.2) is 8.78 Å². The standard InChI is InChI=1S/C22H22Cl2FN5O2.C13H15Cl2FN2O2.C9H8ClN3.CH4/c1-14-21(24)22(17-5-3-4-6-26-17)27-30(14)13-20(31)29-9-7-28(8-10-29)18-12-19(32-2)15(23)11-16(18)25;1-20-12-7-11(10(16)6-9(12)15)17-2-4-18(5-3-17)13(19)8-14;1-6-8(10)9(13-12-6)7-4-2-3-5-11-7;/h3-6,11-12H,7-10,13H2,1-2H3;6-7H,2-5,8H2,1H3;2-5H,1H3,(H,12,13);1H4. The van der Waals surface area contributed by atoms with E-state index in [1.54, 1.807) is 39.0 Å². The predicted molar refractivity (Wildman–Crippen MR) is 258 cm³/mol. The Morgan fingerprint density at radius 2 is 1.15 bits per heavy atom. The van der Waals surface area contributed by atoms with E-state index in [4.69, 9.17) is 67.5 Å². The van der Waals surface area contributed by atoms with Crippen LogP contribution >= 0.6 is 58.0 Å². The van der Waals surface area contributed by atoms with Crippen molar-refractivity contribution in [2.24, 2.45) is 0 Å². The molecule has 6 heterocycles. The van der Waals surface area contributed by atoms with Gasteiger partial charge < -0.3 is 29.1 Å². The molecular weight excluding hydrogens is 960 g/mol. The van der Waals surface area contributed by atoms with Crippen LogP contribution in [0.5, 0.6) is 11.5 Å². The van der Waals surface area contributed by atoms with Crippen molar-refractivity contribution in [3.05, 3.63) is 116 Å². The van der Waals surface area contributed by atoms with Crippen LogP contribution in [-0.4, -0.2) is 124 Å². The number of aryl methyl sites for hydroxylation is 1. The molecule has 2 saturated heterocycles. The number of anilines is 2.